The van der Waals surface area contributed by atoms with Crippen LogP contribution in [0, 0.1) is 0 Å². The average Bonchev–Trinajstić information content (AvgIpc) is 3.15. The molecule has 2 aromatic rings. The fourth-order valence-corrected chi connectivity index (χ4v) is 6.19. The van der Waals surface area contributed by atoms with Crippen LogP contribution in [0.1, 0.15) is 42.5 Å². The van der Waals surface area contributed by atoms with Gasteiger partial charge in [0.2, 0.25) is 5.91 Å². The lowest BCUT2D eigenvalue weighted by Crippen LogP contribution is -2.57. The molecule has 0 saturated carbocycles. The average molecular weight is 529 g/mol. The molecule has 0 aromatic heterocycles. The molecule has 3 aliphatic rings. The maximum atomic E-state index is 13.9. The Labute approximate surface area is 221 Å². The maximum Gasteiger partial charge on any atom is 0.253 e. The summed E-state index contributed by atoms with van der Waals surface area (Å²) in [5, 5.41) is 0.823. The Morgan fingerprint density at radius 2 is 1.47 bits per heavy atom. The lowest BCUT2D eigenvalue weighted by Gasteiger charge is -2.43. The molecule has 0 unspecified atom stereocenters. The number of hydrogen-bond donors (Lipinski definition) is 0. The van der Waals surface area contributed by atoms with Crippen LogP contribution in [0.25, 0.3) is 0 Å². The van der Waals surface area contributed by atoms with E-state index >= 15 is 0 Å². The first-order valence-corrected chi connectivity index (χ1v) is 13.3. The van der Waals surface area contributed by atoms with Crippen LogP contribution < -0.4 is 4.90 Å². The number of carbonyl (C=O) groups is 3. The molecule has 0 N–H and O–H groups in total. The van der Waals surface area contributed by atoms with Crippen molar-refractivity contribution >= 4 is 46.6 Å². The number of likely N-dealkylation sites (tertiary alicyclic amines) is 2. The van der Waals surface area contributed by atoms with Crippen LogP contribution in [-0.4, -0.2) is 77.4 Å². The maximum absolute atomic E-state index is 13.9. The summed E-state index contributed by atoms with van der Waals surface area (Å²) < 4.78 is 0. The number of anilines is 1. The first-order chi connectivity index (χ1) is 17.4. The standard InChI is InChI=1S/C27H30Cl2N4O3/c28-21-15-20(16-22(29)17-21)25(35)31-13-9-27(10-14-31)26(36)32(18-24(34)30-11-5-2-6-12-30)19-33(27)23-7-3-1-4-8-23/h1,3-4,7-8,15-17H,2,5-6,9-14,18-19H2. The van der Waals surface area contributed by atoms with E-state index in [2.05, 4.69) is 4.90 Å². The van der Waals surface area contributed by atoms with Crippen molar-refractivity contribution in [3.8, 4) is 0 Å². The van der Waals surface area contributed by atoms with Crippen molar-refractivity contribution in [2.24, 2.45) is 0 Å². The van der Waals surface area contributed by atoms with Crippen LogP contribution >= 0.6 is 23.2 Å². The van der Waals surface area contributed by atoms with Gasteiger partial charge in [0.05, 0.1) is 6.67 Å². The number of halogens is 2. The Morgan fingerprint density at radius 1 is 0.833 bits per heavy atom. The summed E-state index contributed by atoms with van der Waals surface area (Å²) in [4.78, 5) is 47.5. The molecule has 5 rings (SSSR count). The SMILES string of the molecule is O=C(CN1CN(c2ccccc2)C2(CCN(C(=O)c3cc(Cl)cc(Cl)c3)CC2)C1=O)N1CCCCC1. The molecule has 3 heterocycles. The highest BCUT2D eigenvalue weighted by atomic mass is 35.5. The van der Waals surface area contributed by atoms with Crippen LogP contribution in [-0.2, 0) is 9.59 Å². The molecule has 3 aliphatic heterocycles. The van der Waals surface area contributed by atoms with E-state index in [4.69, 9.17) is 23.2 Å². The van der Waals surface area contributed by atoms with Crippen LogP contribution in [0.3, 0.4) is 0 Å². The lowest BCUT2D eigenvalue weighted by molar-refractivity contribution is -0.141. The summed E-state index contributed by atoms with van der Waals surface area (Å²) >= 11 is 12.2. The van der Waals surface area contributed by atoms with Crippen molar-refractivity contribution < 1.29 is 14.4 Å². The Bertz CT molecular complexity index is 1120. The largest absolute Gasteiger partial charge is 0.341 e. The summed E-state index contributed by atoms with van der Waals surface area (Å²) in [5.74, 6) is -0.170. The minimum absolute atomic E-state index is 0.0126. The van der Waals surface area contributed by atoms with Gasteiger partial charge < -0.3 is 19.6 Å². The lowest BCUT2D eigenvalue weighted by atomic mass is 9.85. The van der Waals surface area contributed by atoms with Gasteiger partial charge >= 0.3 is 0 Å². The number of piperidine rings is 2. The van der Waals surface area contributed by atoms with Gasteiger partial charge in [-0.3, -0.25) is 14.4 Å². The van der Waals surface area contributed by atoms with E-state index < -0.39 is 5.54 Å². The van der Waals surface area contributed by atoms with Gasteiger partial charge in [0.25, 0.3) is 11.8 Å². The molecule has 0 atom stereocenters. The summed E-state index contributed by atoms with van der Waals surface area (Å²) in [7, 11) is 0. The van der Waals surface area contributed by atoms with E-state index in [1.807, 2.05) is 35.2 Å². The van der Waals surface area contributed by atoms with Crippen molar-refractivity contribution in [2.75, 3.05) is 44.3 Å². The van der Waals surface area contributed by atoms with E-state index in [9.17, 15) is 14.4 Å². The number of carbonyl (C=O) groups excluding carboxylic acids is 3. The highest BCUT2D eigenvalue weighted by Crippen LogP contribution is 2.40. The van der Waals surface area contributed by atoms with Crippen molar-refractivity contribution in [1.29, 1.82) is 0 Å². The summed E-state index contributed by atoms with van der Waals surface area (Å²) in [6.45, 7) is 2.82. The van der Waals surface area contributed by atoms with E-state index in [1.54, 1.807) is 28.0 Å². The second-order valence-electron chi connectivity index (χ2n) is 9.83. The molecular formula is C27H30Cl2N4O3. The molecule has 7 nitrogen and oxygen atoms in total. The molecule has 2 aromatic carbocycles. The van der Waals surface area contributed by atoms with Gasteiger partial charge in [-0.15, -0.1) is 0 Å². The zero-order valence-corrected chi connectivity index (χ0v) is 21.7. The van der Waals surface area contributed by atoms with Gasteiger partial charge in [-0.1, -0.05) is 41.4 Å². The molecule has 3 fully saturated rings. The molecule has 0 aliphatic carbocycles. The molecule has 0 radical (unpaired) electrons. The van der Waals surface area contributed by atoms with Gasteiger partial charge in [-0.25, -0.2) is 0 Å². The van der Waals surface area contributed by atoms with Crippen molar-refractivity contribution in [3.05, 3.63) is 64.1 Å². The molecule has 0 bridgehead atoms. The predicted octanol–water partition coefficient (Wildman–Crippen LogP) is 4.29. The zero-order valence-electron chi connectivity index (χ0n) is 20.2. The molecular weight excluding hydrogens is 499 g/mol. The Balaban J connectivity index is 1.35. The Hall–Kier alpha value is -2.77. The third-order valence-corrected chi connectivity index (χ3v) is 8.04. The van der Waals surface area contributed by atoms with Crippen LogP contribution in [0.15, 0.2) is 48.5 Å². The summed E-state index contributed by atoms with van der Waals surface area (Å²) in [5.41, 5.74) is 0.599. The third-order valence-electron chi connectivity index (χ3n) is 7.60. The quantitative estimate of drug-likeness (QED) is 0.593. The molecule has 36 heavy (non-hydrogen) atoms. The second kappa shape index (κ2) is 10.3. The van der Waals surface area contributed by atoms with Crippen LogP contribution in [0.2, 0.25) is 10.0 Å². The van der Waals surface area contributed by atoms with Gasteiger partial charge in [0, 0.05) is 47.5 Å². The Kier molecular flexibility index (Phi) is 7.13. The summed E-state index contributed by atoms with van der Waals surface area (Å²) in [6.07, 6.45) is 4.14. The van der Waals surface area contributed by atoms with Gasteiger partial charge in [-0.2, -0.15) is 0 Å². The van der Waals surface area contributed by atoms with Crippen LogP contribution in [0.4, 0.5) is 5.69 Å². The highest BCUT2D eigenvalue weighted by Gasteiger charge is 2.54. The predicted molar refractivity (Wildman–Crippen MR) is 140 cm³/mol. The van der Waals surface area contributed by atoms with E-state index in [-0.39, 0.29) is 24.3 Å². The van der Waals surface area contributed by atoms with Crippen molar-refractivity contribution in [1.82, 2.24) is 14.7 Å². The first-order valence-electron chi connectivity index (χ1n) is 12.5. The van der Waals surface area contributed by atoms with Crippen molar-refractivity contribution in [2.45, 2.75) is 37.6 Å². The third kappa shape index (κ3) is 4.78. The highest BCUT2D eigenvalue weighted by molar-refractivity contribution is 6.35. The van der Waals surface area contributed by atoms with Gasteiger partial charge in [-0.05, 0) is 62.4 Å². The monoisotopic (exact) mass is 528 g/mol. The number of hydrogen-bond acceptors (Lipinski definition) is 4. The van der Waals surface area contributed by atoms with Crippen LogP contribution in [0.5, 0.6) is 0 Å². The number of nitrogens with zero attached hydrogens (tertiary/aromatic N) is 4. The molecule has 9 heteroatoms. The topological polar surface area (TPSA) is 64.2 Å². The summed E-state index contributed by atoms with van der Waals surface area (Å²) in [6, 6.07) is 14.7. The first kappa shape index (κ1) is 24.9. The number of para-hydroxylation sites is 1. The normalized spacial score (nSPS) is 19.8. The number of amides is 3. The minimum Gasteiger partial charge on any atom is -0.341 e. The fraction of sp³-hybridized carbons (Fsp3) is 0.444. The smallest absolute Gasteiger partial charge is 0.253 e. The second-order valence-corrected chi connectivity index (χ2v) is 10.7. The van der Waals surface area contributed by atoms with E-state index in [0.29, 0.717) is 48.2 Å². The van der Waals surface area contributed by atoms with Gasteiger partial charge in [0.1, 0.15) is 12.1 Å². The van der Waals surface area contributed by atoms with E-state index in [0.717, 1.165) is 38.0 Å². The molecule has 3 saturated heterocycles. The molecule has 1 spiro atoms. The number of rotatable bonds is 4. The molecule has 3 amide bonds. The molecule has 190 valence electrons. The number of benzene rings is 2. The fourth-order valence-electron chi connectivity index (χ4n) is 5.67. The van der Waals surface area contributed by atoms with Gasteiger partial charge in [0.15, 0.2) is 0 Å². The Morgan fingerprint density at radius 3 is 2.11 bits per heavy atom. The minimum atomic E-state index is -0.785. The van der Waals surface area contributed by atoms with Crippen molar-refractivity contribution in [3.63, 3.8) is 0 Å². The zero-order chi connectivity index (χ0) is 25.3. The van der Waals surface area contributed by atoms with E-state index in [1.165, 1.54) is 0 Å².